The molecule has 2 atom stereocenters. The third kappa shape index (κ3) is 1.64. The Kier molecular flexibility index (Phi) is 2.45. The Hall–Kier alpha value is -0.120. The van der Waals surface area contributed by atoms with Crippen molar-refractivity contribution in [3.63, 3.8) is 0 Å². The van der Waals surface area contributed by atoms with E-state index in [0.29, 0.717) is 6.54 Å². The number of hydrogen-bond donors (Lipinski definition) is 2. The van der Waals surface area contributed by atoms with E-state index in [-0.39, 0.29) is 6.10 Å². The van der Waals surface area contributed by atoms with Crippen molar-refractivity contribution in [3.8, 4) is 0 Å². The van der Waals surface area contributed by atoms with E-state index < -0.39 is 6.10 Å². The largest absolute Gasteiger partial charge is 0.389 e. The van der Waals surface area contributed by atoms with Gasteiger partial charge in [0, 0.05) is 13.2 Å². The molecule has 0 aromatic carbocycles. The normalized spacial score (nSPS) is 30.7. The van der Waals surface area contributed by atoms with Gasteiger partial charge in [0.1, 0.15) is 0 Å². The van der Waals surface area contributed by atoms with Gasteiger partial charge in [0.25, 0.3) is 0 Å². The van der Waals surface area contributed by atoms with Crippen molar-refractivity contribution in [2.24, 2.45) is 5.73 Å². The predicted octanol–water partition coefficient (Wildman–Crippen LogP) is -0.515. The lowest BCUT2D eigenvalue weighted by atomic mass is 10.1. The second-order valence-electron chi connectivity index (χ2n) is 2.35. The van der Waals surface area contributed by atoms with Crippen LogP contribution in [0.2, 0.25) is 0 Å². The molecule has 3 nitrogen and oxygen atoms in total. The van der Waals surface area contributed by atoms with Crippen LogP contribution in [0.25, 0.3) is 0 Å². The number of hydrogen-bond acceptors (Lipinski definition) is 3. The van der Waals surface area contributed by atoms with Gasteiger partial charge in [0.15, 0.2) is 0 Å². The standard InChI is InChI=1S/C6H13NO2/c7-4-5(8)6-2-1-3-9-6/h5-6,8H,1-4,7H2. The van der Waals surface area contributed by atoms with Crippen LogP contribution < -0.4 is 5.73 Å². The first-order valence-electron chi connectivity index (χ1n) is 3.34. The SMILES string of the molecule is NCC(O)C1CCCO1. The third-order valence-corrected chi connectivity index (χ3v) is 1.64. The average molecular weight is 131 g/mol. The van der Waals surface area contributed by atoms with E-state index in [4.69, 9.17) is 15.6 Å². The van der Waals surface area contributed by atoms with E-state index in [0.717, 1.165) is 19.4 Å². The first-order valence-corrected chi connectivity index (χ1v) is 3.34. The summed E-state index contributed by atoms with van der Waals surface area (Å²) in [6.45, 7) is 1.09. The van der Waals surface area contributed by atoms with E-state index in [1.807, 2.05) is 0 Å². The Labute approximate surface area is 54.8 Å². The van der Waals surface area contributed by atoms with Gasteiger partial charge < -0.3 is 15.6 Å². The summed E-state index contributed by atoms with van der Waals surface area (Å²) in [4.78, 5) is 0. The van der Waals surface area contributed by atoms with Crippen LogP contribution in [0.1, 0.15) is 12.8 Å². The number of aliphatic hydroxyl groups is 1. The Bertz CT molecular complexity index is 81.1. The molecule has 1 fully saturated rings. The molecule has 9 heavy (non-hydrogen) atoms. The molecule has 1 aliphatic heterocycles. The van der Waals surface area contributed by atoms with Gasteiger partial charge in [-0.15, -0.1) is 0 Å². The summed E-state index contributed by atoms with van der Waals surface area (Å²) in [7, 11) is 0. The van der Waals surface area contributed by atoms with E-state index in [1.54, 1.807) is 0 Å². The molecule has 54 valence electrons. The second-order valence-corrected chi connectivity index (χ2v) is 2.35. The highest BCUT2D eigenvalue weighted by atomic mass is 16.5. The maximum Gasteiger partial charge on any atom is 0.0923 e. The van der Waals surface area contributed by atoms with Gasteiger partial charge in [-0.25, -0.2) is 0 Å². The topological polar surface area (TPSA) is 55.5 Å². The van der Waals surface area contributed by atoms with Crippen LogP contribution in [0.15, 0.2) is 0 Å². The van der Waals surface area contributed by atoms with Gasteiger partial charge in [0.2, 0.25) is 0 Å². The van der Waals surface area contributed by atoms with Crippen LogP contribution in [0.5, 0.6) is 0 Å². The minimum atomic E-state index is -0.451. The van der Waals surface area contributed by atoms with Crippen molar-refractivity contribution in [2.75, 3.05) is 13.2 Å². The van der Waals surface area contributed by atoms with Gasteiger partial charge >= 0.3 is 0 Å². The third-order valence-electron chi connectivity index (χ3n) is 1.64. The van der Waals surface area contributed by atoms with Gasteiger partial charge in [-0.2, -0.15) is 0 Å². The maximum absolute atomic E-state index is 9.11. The van der Waals surface area contributed by atoms with Crippen LogP contribution in [0, 0.1) is 0 Å². The van der Waals surface area contributed by atoms with Crippen LogP contribution in [-0.4, -0.2) is 30.5 Å². The van der Waals surface area contributed by atoms with Gasteiger partial charge in [-0.1, -0.05) is 0 Å². The molecular formula is C6H13NO2. The first kappa shape index (κ1) is 6.99. The van der Waals surface area contributed by atoms with Crippen LogP contribution >= 0.6 is 0 Å². The molecule has 1 rings (SSSR count). The fraction of sp³-hybridized carbons (Fsp3) is 1.00. The minimum absolute atomic E-state index is 0.00926. The van der Waals surface area contributed by atoms with Gasteiger partial charge in [-0.3, -0.25) is 0 Å². The smallest absolute Gasteiger partial charge is 0.0923 e. The number of nitrogens with two attached hydrogens (primary N) is 1. The zero-order valence-corrected chi connectivity index (χ0v) is 5.42. The highest BCUT2D eigenvalue weighted by molar-refractivity contribution is 4.73. The lowest BCUT2D eigenvalue weighted by Crippen LogP contribution is -2.32. The number of rotatable bonds is 2. The molecular weight excluding hydrogens is 118 g/mol. The van der Waals surface area contributed by atoms with Crippen molar-refractivity contribution in [1.82, 2.24) is 0 Å². The Morgan fingerprint density at radius 1 is 1.78 bits per heavy atom. The first-order chi connectivity index (χ1) is 4.34. The van der Waals surface area contributed by atoms with E-state index in [2.05, 4.69) is 0 Å². The summed E-state index contributed by atoms with van der Waals surface area (Å²) in [6.07, 6.45) is 1.57. The van der Waals surface area contributed by atoms with Crippen molar-refractivity contribution < 1.29 is 9.84 Å². The van der Waals surface area contributed by atoms with Crippen LogP contribution in [0.3, 0.4) is 0 Å². The van der Waals surface area contributed by atoms with E-state index in [1.165, 1.54) is 0 Å². The van der Waals surface area contributed by atoms with Crippen molar-refractivity contribution in [3.05, 3.63) is 0 Å². The van der Waals surface area contributed by atoms with Crippen LogP contribution in [-0.2, 0) is 4.74 Å². The maximum atomic E-state index is 9.11. The fourth-order valence-electron chi connectivity index (χ4n) is 1.06. The molecule has 2 unspecified atom stereocenters. The molecule has 1 aliphatic rings. The summed E-state index contributed by atoms with van der Waals surface area (Å²) in [5.74, 6) is 0. The average Bonchev–Trinajstić information content (AvgIpc) is 2.37. The molecule has 0 saturated carbocycles. The van der Waals surface area contributed by atoms with Crippen molar-refractivity contribution in [1.29, 1.82) is 0 Å². The van der Waals surface area contributed by atoms with Gasteiger partial charge in [0.05, 0.1) is 12.2 Å². The molecule has 0 aliphatic carbocycles. The van der Waals surface area contributed by atoms with Crippen LogP contribution in [0.4, 0.5) is 0 Å². The van der Waals surface area contributed by atoms with E-state index >= 15 is 0 Å². The lowest BCUT2D eigenvalue weighted by molar-refractivity contribution is 0.00365. The monoisotopic (exact) mass is 131 g/mol. The minimum Gasteiger partial charge on any atom is -0.389 e. The van der Waals surface area contributed by atoms with Crippen molar-refractivity contribution >= 4 is 0 Å². The highest BCUT2D eigenvalue weighted by Crippen LogP contribution is 2.14. The molecule has 0 amide bonds. The zero-order valence-electron chi connectivity index (χ0n) is 5.42. The second kappa shape index (κ2) is 3.15. The Balaban J connectivity index is 2.24. The highest BCUT2D eigenvalue weighted by Gasteiger charge is 2.22. The molecule has 3 N–H and O–H groups in total. The quantitative estimate of drug-likeness (QED) is 0.530. The Morgan fingerprint density at radius 3 is 3.00 bits per heavy atom. The summed E-state index contributed by atoms with van der Waals surface area (Å²) in [6, 6.07) is 0. The summed E-state index contributed by atoms with van der Waals surface area (Å²) < 4.78 is 5.18. The molecule has 0 radical (unpaired) electrons. The molecule has 0 aromatic rings. The predicted molar refractivity (Wildman–Crippen MR) is 34.0 cm³/mol. The number of ether oxygens (including phenoxy) is 1. The molecule has 3 heteroatoms. The summed E-state index contributed by atoms with van der Waals surface area (Å²) in [5, 5.41) is 9.11. The molecule has 0 aromatic heterocycles. The summed E-state index contributed by atoms with van der Waals surface area (Å²) >= 11 is 0. The molecule has 1 saturated heterocycles. The van der Waals surface area contributed by atoms with Crippen molar-refractivity contribution in [2.45, 2.75) is 25.0 Å². The molecule has 0 bridgehead atoms. The fourth-order valence-corrected chi connectivity index (χ4v) is 1.06. The zero-order chi connectivity index (χ0) is 6.69. The van der Waals surface area contributed by atoms with E-state index in [9.17, 15) is 0 Å². The molecule has 1 heterocycles. The number of aliphatic hydroxyl groups excluding tert-OH is 1. The van der Waals surface area contributed by atoms with Gasteiger partial charge in [-0.05, 0) is 12.8 Å². The Morgan fingerprint density at radius 2 is 2.56 bits per heavy atom. The molecule has 0 spiro atoms. The lowest BCUT2D eigenvalue weighted by Gasteiger charge is -2.14. The summed E-state index contributed by atoms with van der Waals surface area (Å²) in [5.41, 5.74) is 5.22.